The fraction of sp³-hybridized carbons (Fsp3) is 0.500. The average Bonchev–Trinajstić information content (AvgIpc) is 1.86. The summed E-state index contributed by atoms with van der Waals surface area (Å²) in [6, 6.07) is 0. The molecule has 0 unspecified atom stereocenters. The van der Waals surface area contributed by atoms with Gasteiger partial charge in [0.25, 0.3) is 0 Å². The molecule has 12 heavy (non-hydrogen) atoms. The van der Waals surface area contributed by atoms with Crippen molar-refractivity contribution in [2.45, 2.75) is 13.3 Å². The summed E-state index contributed by atoms with van der Waals surface area (Å²) < 4.78 is 25.5. The summed E-state index contributed by atoms with van der Waals surface area (Å²) in [5.74, 6) is -1.08. The Balaban J connectivity index is -0.000000500. The Kier molecular flexibility index (Phi) is 9.20. The largest absolute Gasteiger partial charge is 1.00 e. The van der Waals surface area contributed by atoms with Gasteiger partial charge in [0.1, 0.15) is 0 Å². The van der Waals surface area contributed by atoms with E-state index in [9.17, 15) is 13.2 Å². The Morgan fingerprint density at radius 1 is 1.67 bits per heavy atom. The molecule has 0 amide bonds. The van der Waals surface area contributed by atoms with E-state index in [1.807, 2.05) is 0 Å². The summed E-state index contributed by atoms with van der Waals surface area (Å²) in [6.45, 7) is 4.75. The first-order chi connectivity index (χ1) is 5.02. The molecule has 0 aromatic heterocycles. The van der Waals surface area contributed by atoms with Gasteiger partial charge < -0.3 is 5.61 Å². The molecule has 6 heteroatoms. The van der Waals surface area contributed by atoms with Crippen LogP contribution in [-0.4, -0.2) is 20.1 Å². The third-order valence-electron chi connectivity index (χ3n) is 0.830. The molecule has 0 aliphatic carbocycles. The molecular weight excluding hydrogens is 207 g/mol. The summed E-state index contributed by atoms with van der Waals surface area (Å²) in [5, 5.41) is 0. The monoisotopic (exact) mass is 218 g/mol. The van der Waals surface area contributed by atoms with Crippen molar-refractivity contribution in [2.24, 2.45) is 0 Å². The standard InChI is InChI=1S/C6H10O4S.K.H/c1-3-5-11(8,9)10-6(7)4-2;;/h4H,2-3,5H2,1H3;;/q;+1;-1. The van der Waals surface area contributed by atoms with Crippen molar-refractivity contribution in [1.82, 2.24) is 0 Å². The van der Waals surface area contributed by atoms with Gasteiger partial charge in [-0.1, -0.05) is 13.5 Å². The van der Waals surface area contributed by atoms with Crippen LogP contribution in [0.1, 0.15) is 14.8 Å². The maximum Gasteiger partial charge on any atom is 1.00 e. The summed E-state index contributed by atoms with van der Waals surface area (Å²) in [7, 11) is -3.66. The molecule has 0 heterocycles. The minimum Gasteiger partial charge on any atom is -1.00 e. The van der Waals surface area contributed by atoms with E-state index in [0.717, 1.165) is 6.08 Å². The first-order valence-corrected chi connectivity index (χ1v) is 4.68. The van der Waals surface area contributed by atoms with Crippen LogP contribution >= 0.6 is 0 Å². The maximum absolute atomic E-state index is 10.7. The predicted octanol–water partition coefficient (Wildman–Crippen LogP) is -2.43. The Morgan fingerprint density at radius 2 is 2.17 bits per heavy atom. The SMILES string of the molecule is C=CC(=O)OS(=O)(=O)CCC.[H-].[K+]. The van der Waals surface area contributed by atoms with Crippen molar-refractivity contribution >= 4 is 16.1 Å². The van der Waals surface area contributed by atoms with Gasteiger partial charge in [0, 0.05) is 6.08 Å². The molecule has 0 N–H and O–H groups in total. The van der Waals surface area contributed by atoms with Crippen LogP contribution in [0.15, 0.2) is 12.7 Å². The molecule has 0 rings (SSSR count). The first kappa shape index (κ1) is 15.3. The summed E-state index contributed by atoms with van der Waals surface area (Å²) in [6.07, 6.45) is 1.24. The van der Waals surface area contributed by atoms with Crippen LogP contribution in [0.5, 0.6) is 0 Å². The second-order valence-corrected chi connectivity index (χ2v) is 3.56. The predicted molar refractivity (Wildman–Crippen MR) is 41.5 cm³/mol. The average molecular weight is 218 g/mol. The van der Waals surface area contributed by atoms with Crippen molar-refractivity contribution in [3.05, 3.63) is 12.7 Å². The van der Waals surface area contributed by atoms with Crippen LogP contribution in [0.4, 0.5) is 0 Å². The molecule has 4 nitrogen and oxygen atoms in total. The summed E-state index contributed by atoms with van der Waals surface area (Å²) in [4.78, 5) is 10.4. The number of hydrogen-bond acceptors (Lipinski definition) is 4. The number of carbonyl (C=O) groups is 1. The summed E-state index contributed by atoms with van der Waals surface area (Å²) >= 11 is 0. The van der Waals surface area contributed by atoms with E-state index in [1.54, 1.807) is 6.92 Å². The van der Waals surface area contributed by atoms with Gasteiger partial charge in [0.15, 0.2) is 0 Å². The zero-order valence-electron chi connectivity index (χ0n) is 8.24. The van der Waals surface area contributed by atoms with E-state index in [0.29, 0.717) is 6.42 Å². The smallest absolute Gasteiger partial charge is 1.00 e. The molecule has 0 saturated carbocycles. The molecule has 0 spiro atoms. The molecule has 0 fully saturated rings. The molecule has 0 aliphatic heterocycles. The van der Waals surface area contributed by atoms with E-state index in [1.165, 1.54) is 0 Å². The van der Waals surface area contributed by atoms with Crippen molar-refractivity contribution in [1.29, 1.82) is 0 Å². The van der Waals surface area contributed by atoms with Crippen LogP contribution < -0.4 is 51.4 Å². The Hall–Kier alpha value is 0.796. The molecule has 0 aliphatic rings. The van der Waals surface area contributed by atoms with Gasteiger partial charge in [-0.2, -0.15) is 8.42 Å². The molecule has 0 bridgehead atoms. The number of carbonyl (C=O) groups excluding carboxylic acids is 1. The van der Waals surface area contributed by atoms with Crippen LogP contribution in [0, 0.1) is 0 Å². The fourth-order valence-corrected chi connectivity index (χ4v) is 1.35. The molecule has 0 saturated heterocycles. The Labute approximate surface area is 116 Å². The minimum absolute atomic E-state index is 0. The second kappa shape index (κ2) is 7.22. The van der Waals surface area contributed by atoms with Gasteiger partial charge >= 0.3 is 67.5 Å². The van der Waals surface area contributed by atoms with Crippen molar-refractivity contribution < 1.29 is 70.2 Å². The van der Waals surface area contributed by atoms with Gasteiger partial charge in [-0.25, -0.2) is 4.79 Å². The third kappa shape index (κ3) is 7.45. The molecule has 0 radical (unpaired) electrons. The van der Waals surface area contributed by atoms with Crippen LogP contribution in [0.3, 0.4) is 0 Å². The number of rotatable bonds is 4. The van der Waals surface area contributed by atoms with Crippen LogP contribution in [0.25, 0.3) is 0 Å². The zero-order valence-corrected chi connectivity index (χ0v) is 11.2. The normalized spacial score (nSPS) is 9.75. The van der Waals surface area contributed by atoms with Crippen LogP contribution in [0.2, 0.25) is 0 Å². The fourth-order valence-electron chi connectivity index (χ4n) is 0.451. The minimum atomic E-state index is -3.66. The Morgan fingerprint density at radius 3 is 2.50 bits per heavy atom. The van der Waals surface area contributed by atoms with Gasteiger partial charge in [-0.15, -0.1) is 0 Å². The molecule has 0 aromatic rings. The quantitative estimate of drug-likeness (QED) is 0.299. The molecule has 0 atom stereocenters. The van der Waals surface area contributed by atoms with E-state index in [2.05, 4.69) is 10.8 Å². The molecule has 0 aromatic carbocycles. The van der Waals surface area contributed by atoms with Gasteiger partial charge in [0.2, 0.25) is 0 Å². The summed E-state index contributed by atoms with van der Waals surface area (Å²) in [5.41, 5.74) is 0. The van der Waals surface area contributed by atoms with E-state index < -0.39 is 16.1 Å². The number of hydrogen-bond donors (Lipinski definition) is 0. The van der Waals surface area contributed by atoms with Gasteiger partial charge in [-0.05, 0) is 6.42 Å². The van der Waals surface area contributed by atoms with Crippen LogP contribution in [-0.2, 0) is 19.1 Å². The Bertz CT molecular complexity index is 249. The third-order valence-corrected chi connectivity index (χ3v) is 2.16. The zero-order chi connectivity index (χ0) is 8.91. The van der Waals surface area contributed by atoms with Crippen molar-refractivity contribution in [3.8, 4) is 0 Å². The first-order valence-electron chi connectivity index (χ1n) is 3.10. The van der Waals surface area contributed by atoms with Crippen molar-refractivity contribution in [2.75, 3.05) is 5.75 Å². The maximum atomic E-state index is 10.7. The van der Waals surface area contributed by atoms with Gasteiger partial charge in [-0.3, -0.25) is 0 Å². The van der Waals surface area contributed by atoms with E-state index in [4.69, 9.17) is 0 Å². The van der Waals surface area contributed by atoms with E-state index >= 15 is 0 Å². The van der Waals surface area contributed by atoms with E-state index in [-0.39, 0.29) is 58.6 Å². The second-order valence-electron chi connectivity index (χ2n) is 1.87. The molecule has 66 valence electrons. The van der Waals surface area contributed by atoms with Gasteiger partial charge in [0.05, 0.1) is 5.75 Å². The molecular formula is C6H11KO4S. The van der Waals surface area contributed by atoms with Crippen molar-refractivity contribution in [3.63, 3.8) is 0 Å². The topological polar surface area (TPSA) is 60.4 Å².